The van der Waals surface area contributed by atoms with Crippen LogP contribution < -0.4 is 0 Å². The normalized spacial score (nSPS) is 20.1. The van der Waals surface area contributed by atoms with Crippen LogP contribution in [0.2, 0.25) is 0 Å². The van der Waals surface area contributed by atoms with Crippen molar-refractivity contribution in [1.82, 2.24) is 0 Å². The fourth-order valence-electron chi connectivity index (χ4n) is 1.16. The molecule has 0 saturated carbocycles. The Morgan fingerprint density at radius 1 is 1.43 bits per heavy atom. The first-order valence-electron chi connectivity index (χ1n) is 4.41. The summed E-state index contributed by atoms with van der Waals surface area (Å²) in [5, 5.41) is 12.9. The second-order valence-corrected chi connectivity index (χ2v) is 3.02. The Balaban J connectivity index is 1.89. The minimum absolute atomic E-state index is 0.185. The number of hydrogen-bond acceptors (Lipinski definition) is 4. The standard InChI is InChI=1S/C10H11NO3/c12-9-7-14-11-10(9)13-6-8-4-2-1-3-5-8/h1-5,9,12H,6-7H2. The molecule has 1 heterocycles. The largest absolute Gasteiger partial charge is 0.472 e. The number of nitrogens with zero attached hydrogens (tertiary/aromatic N) is 1. The van der Waals surface area contributed by atoms with Crippen LogP contribution in [0.4, 0.5) is 0 Å². The highest BCUT2D eigenvalue weighted by Crippen LogP contribution is 2.07. The van der Waals surface area contributed by atoms with Gasteiger partial charge in [-0.05, 0) is 10.7 Å². The molecule has 74 valence electrons. The molecular weight excluding hydrogens is 182 g/mol. The van der Waals surface area contributed by atoms with Crippen LogP contribution in [0.15, 0.2) is 35.5 Å². The van der Waals surface area contributed by atoms with Crippen LogP contribution in [-0.4, -0.2) is 23.7 Å². The summed E-state index contributed by atoms with van der Waals surface area (Å²) in [6.07, 6.45) is -0.723. The molecule has 4 nitrogen and oxygen atoms in total. The second-order valence-electron chi connectivity index (χ2n) is 3.02. The SMILES string of the molecule is OC1CON=C1OCc1ccccc1. The predicted molar refractivity (Wildman–Crippen MR) is 50.6 cm³/mol. The number of ether oxygens (including phenoxy) is 1. The monoisotopic (exact) mass is 193 g/mol. The molecule has 1 atom stereocenters. The van der Waals surface area contributed by atoms with Gasteiger partial charge in [-0.25, -0.2) is 0 Å². The maximum atomic E-state index is 9.29. The van der Waals surface area contributed by atoms with Gasteiger partial charge in [0.15, 0.2) is 12.7 Å². The number of benzene rings is 1. The van der Waals surface area contributed by atoms with Gasteiger partial charge >= 0.3 is 0 Å². The van der Waals surface area contributed by atoms with E-state index < -0.39 is 6.10 Å². The highest BCUT2D eigenvalue weighted by Gasteiger charge is 2.21. The van der Waals surface area contributed by atoms with Gasteiger partial charge in [0.25, 0.3) is 5.90 Å². The molecule has 0 bridgehead atoms. The van der Waals surface area contributed by atoms with Crippen molar-refractivity contribution in [3.05, 3.63) is 35.9 Å². The maximum absolute atomic E-state index is 9.29. The quantitative estimate of drug-likeness (QED) is 0.759. The first-order valence-corrected chi connectivity index (χ1v) is 4.41. The van der Waals surface area contributed by atoms with Crippen LogP contribution in [0.5, 0.6) is 0 Å². The highest BCUT2D eigenvalue weighted by atomic mass is 16.7. The summed E-state index contributed by atoms with van der Waals surface area (Å²) in [5.41, 5.74) is 1.04. The molecule has 0 saturated heterocycles. The van der Waals surface area contributed by atoms with E-state index in [1.54, 1.807) is 0 Å². The Morgan fingerprint density at radius 3 is 2.86 bits per heavy atom. The van der Waals surface area contributed by atoms with Crippen LogP contribution in [-0.2, 0) is 16.2 Å². The average molecular weight is 193 g/mol. The first kappa shape index (κ1) is 9.02. The van der Waals surface area contributed by atoms with Crippen LogP contribution in [0.1, 0.15) is 5.56 Å². The van der Waals surface area contributed by atoms with Crippen molar-refractivity contribution in [2.24, 2.45) is 5.16 Å². The van der Waals surface area contributed by atoms with E-state index in [4.69, 9.17) is 4.74 Å². The van der Waals surface area contributed by atoms with E-state index in [0.717, 1.165) is 5.56 Å². The summed E-state index contributed by atoms with van der Waals surface area (Å²) in [6, 6.07) is 9.70. The lowest BCUT2D eigenvalue weighted by Crippen LogP contribution is -2.21. The molecule has 1 aliphatic rings. The Labute approximate surface area is 81.8 Å². The predicted octanol–water partition coefficient (Wildman–Crippen LogP) is 0.908. The number of oxime groups is 1. The molecular formula is C10H11NO3. The lowest BCUT2D eigenvalue weighted by Gasteiger charge is -2.06. The fraction of sp³-hybridized carbons (Fsp3) is 0.300. The van der Waals surface area contributed by atoms with Crippen molar-refractivity contribution in [3.63, 3.8) is 0 Å². The topological polar surface area (TPSA) is 51.0 Å². The summed E-state index contributed by atoms with van der Waals surface area (Å²) in [6.45, 7) is 0.588. The number of aliphatic hydroxyl groups is 1. The van der Waals surface area contributed by atoms with Crippen molar-refractivity contribution >= 4 is 5.90 Å². The molecule has 1 aromatic carbocycles. The number of hydrogen-bond donors (Lipinski definition) is 1. The summed E-state index contributed by atoms with van der Waals surface area (Å²) in [4.78, 5) is 4.67. The third-order valence-electron chi connectivity index (χ3n) is 1.90. The molecule has 0 aliphatic carbocycles. The van der Waals surface area contributed by atoms with Gasteiger partial charge in [-0.15, -0.1) is 0 Å². The van der Waals surface area contributed by atoms with E-state index in [2.05, 4.69) is 9.99 Å². The fourth-order valence-corrected chi connectivity index (χ4v) is 1.16. The van der Waals surface area contributed by atoms with Crippen molar-refractivity contribution in [1.29, 1.82) is 0 Å². The van der Waals surface area contributed by atoms with Gasteiger partial charge in [0, 0.05) is 0 Å². The molecule has 1 unspecified atom stereocenters. The molecule has 0 spiro atoms. The van der Waals surface area contributed by atoms with Crippen molar-refractivity contribution < 1.29 is 14.7 Å². The Hall–Kier alpha value is -1.55. The lowest BCUT2D eigenvalue weighted by atomic mass is 10.2. The number of rotatable bonds is 2. The maximum Gasteiger partial charge on any atom is 0.258 e. The molecule has 1 N–H and O–H groups in total. The number of aliphatic hydroxyl groups excluding tert-OH is 1. The van der Waals surface area contributed by atoms with E-state index >= 15 is 0 Å². The Kier molecular flexibility index (Phi) is 2.65. The zero-order chi connectivity index (χ0) is 9.80. The van der Waals surface area contributed by atoms with Gasteiger partial charge in [-0.2, -0.15) is 0 Å². The zero-order valence-corrected chi connectivity index (χ0v) is 7.59. The van der Waals surface area contributed by atoms with E-state index in [1.807, 2.05) is 30.3 Å². The molecule has 0 aromatic heterocycles. The molecule has 0 radical (unpaired) electrons. The molecule has 0 amide bonds. The lowest BCUT2D eigenvalue weighted by molar-refractivity contribution is 0.103. The molecule has 1 aliphatic heterocycles. The molecule has 14 heavy (non-hydrogen) atoms. The third kappa shape index (κ3) is 2.03. The van der Waals surface area contributed by atoms with Gasteiger partial charge in [0.2, 0.25) is 0 Å². The van der Waals surface area contributed by atoms with Crippen LogP contribution in [0, 0.1) is 0 Å². The molecule has 0 fully saturated rings. The summed E-state index contributed by atoms with van der Waals surface area (Å²) >= 11 is 0. The van der Waals surface area contributed by atoms with Gasteiger partial charge in [-0.3, -0.25) is 0 Å². The second kappa shape index (κ2) is 4.11. The highest BCUT2D eigenvalue weighted by molar-refractivity contribution is 5.81. The summed E-state index contributed by atoms with van der Waals surface area (Å²) < 4.78 is 5.28. The van der Waals surface area contributed by atoms with Crippen molar-refractivity contribution in [2.45, 2.75) is 12.7 Å². The van der Waals surface area contributed by atoms with E-state index in [-0.39, 0.29) is 12.5 Å². The Morgan fingerprint density at radius 2 is 2.21 bits per heavy atom. The smallest absolute Gasteiger partial charge is 0.258 e. The van der Waals surface area contributed by atoms with Crippen molar-refractivity contribution in [3.8, 4) is 0 Å². The summed E-state index contributed by atoms with van der Waals surface area (Å²) in [7, 11) is 0. The van der Waals surface area contributed by atoms with Crippen LogP contribution in [0.25, 0.3) is 0 Å². The first-order chi connectivity index (χ1) is 6.86. The molecule has 4 heteroatoms. The third-order valence-corrected chi connectivity index (χ3v) is 1.90. The van der Waals surface area contributed by atoms with Crippen LogP contribution >= 0.6 is 0 Å². The van der Waals surface area contributed by atoms with Gasteiger partial charge < -0.3 is 14.7 Å². The van der Waals surface area contributed by atoms with Crippen LogP contribution in [0.3, 0.4) is 0 Å². The van der Waals surface area contributed by atoms with E-state index in [1.165, 1.54) is 0 Å². The van der Waals surface area contributed by atoms with Gasteiger partial charge in [0.05, 0.1) is 0 Å². The zero-order valence-electron chi connectivity index (χ0n) is 7.59. The minimum atomic E-state index is -0.723. The van der Waals surface area contributed by atoms with E-state index in [9.17, 15) is 5.11 Å². The summed E-state index contributed by atoms with van der Waals surface area (Å²) in [5.74, 6) is 0.258. The minimum Gasteiger partial charge on any atom is -0.472 e. The average Bonchev–Trinajstić information content (AvgIpc) is 2.63. The van der Waals surface area contributed by atoms with E-state index in [0.29, 0.717) is 6.61 Å². The molecule has 1 aromatic rings. The van der Waals surface area contributed by atoms with Gasteiger partial charge in [-0.1, -0.05) is 30.3 Å². The Bertz CT molecular complexity index is 323. The van der Waals surface area contributed by atoms with Crippen molar-refractivity contribution in [2.75, 3.05) is 6.61 Å². The van der Waals surface area contributed by atoms with Gasteiger partial charge in [0.1, 0.15) is 6.61 Å². The molecule has 2 rings (SSSR count).